The lowest BCUT2D eigenvalue weighted by atomic mass is 9.88. The Bertz CT molecular complexity index is 456. The number of rotatable bonds is 1. The zero-order chi connectivity index (χ0) is 11.6. The molecule has 0 saturated carbocycles. The van der Waals surface area contributed by atoms with Gasteiger partial charge in [0.05, 0.1) is 0 Å². The summed E-state index contributed by atoms with van der Waals surface area (Å²) in [6.45, 7) is 6.64. The van der Waals surface area contributed by atoms with Crippen LogP contribution in [0.5, 0.6) is 0 Å². The third-order valence-electron chi connectivity index (χ3n) is 2.90. The Hall–Kier alpha value is -1.56. The number of hydrogen-bond acceptors (Lipinski definition) is 0. The first-order valence-corrected chi connectivity index (χ1v) is 5.73. The fourth-order valence-corrected chi connectivity index (χ4v) is 1.99. The van der Waals surface area contributed by atoms with Crippen molar-refractivity contribution >= 4 is 5.57 Å². The molecule has 0 aromatic heterocycles. The monoisotopic (exact) mass is 210 g/mol. The Labute approximate surface area is 98.0 Å². The number of benzene rings is 1. The van der Waals surface area contributed by atoms with E-state index < -0.39 is 0 Å². The molecule has 0 bridgehead atoms. The van der Waals surface area contributed by atoms with Crippen LogP contribution in [0.3, 0.4) is 0 Å². The van der Waals surface area contributed by atoms with Gasteiger partial charge in [0.25, 0.3) is 0 Å². The van der Waals surface area contributed by atoms with E-state index in [0.29, 0.717) is 0 Å². The first kappa shape index (κ1) is 10.9. The van der Waals surface area contributed by atoms with Crippen molar-refractivity contribution in [1.82, 2.24) is 0 Å². The molecule has 0 spiro atoms. The predicted molar refractivity (Wildman–Crippen MR) is 71.1 cm³/mol. The van der Waals surface area contributed by atoms with E-state index in [-0.39, 0.29) is 5.41 Å². The van der Waals surface area contributed by atoms with Crippen molar-refractivity contribution < 1.29 is 0 Å². The molecule has 16 heavy (non-hydrogen) atoms. The number of hydrogen-bond donors (Lipinski definition) is 0. The highest BCUT2D eigenvalue weighted by Crippen LogP contribution is 2.32. The van der Waals surface area contributed by atoms with Gasteiger partial charge in [0.15, 0.2) is 0 Å². The first-order valence-electron chi connectivity index (χ1n) is 5.73. The second-order valence-electron chi connectivity index (χ2n) is 4.95. The summed E-state index contributed by atoms with van der Waals surface area (Å²) in [5, 5.41) is 0. The molecule has 1 aromatic rings. The van der Waals surface area contributed by atoms with Crippen molar-refractivity contribution in [3.05, 3.63) is 65.8 Å². The molecule has 1 aliphatic rings. The minimum atomic E-state index is 0.124. The molecule has 0 radical (unpaired) electrons. The van der Waals surface area contributed by atoms with Crippen LogP contribution in [0.4, 0.5) is 0 Å². The smallest absolute Gasteiger partial charge is 0.00168 e. The van der Waals surface area contributed by atoms with Crippen LogP contribution in [0, 0.1) is 5.41 Å². The highest BCUT2D eigenvalue weighted by Gasteiger charge is 2.15. The quantitative estimate of drug-likeness (QED) is 0.635. The van der Waals surface area contributed by atoms with Crippen LogP contribution in [-0.2, 0) is 0 Å². The van der Waals surface area contributed by atoms with Gasteiger partial charge in [-0.25, -0.2) is 0 Å². The van der Waals surface area contributed by atoms with Crippen LogP contribution < -0.4 is 0 Å². The summed E-state index contributed by atoms with van der Waals surface area (Å²) in [7, 11) is 0. The first-order chi connectivity index (χ1) is 7.58. The van der Waals surface area contributed by atoms with Gasteiger partial charge in [-0.05, 0) is 23.6 Å². The van der Waals surface area contributed by atoms with Gasteiger partial charge in [-0.3, -0.25) is 0 Å². The molecule has 0 heterocycles. The molecule has 2 rings (SSSR count). The van der Waals surface area contributed by atoms with Gasteiger partial charge in [-0.2, -0.15) is 0 Å². The third kappa shape index (κ3) is 2.33. The largest absolute Gasteiger partial charge is 0.0751 e. The Morgan fingerprint density at radius 1 is 1.00 bits per heavy atom. The van der Waals surface area contributed by atoms with Crippen LogP contribution in [0.2, 0.25) is 0 Å². The van der Waals surface area contributed by atoms with Crippen LogP contribution in [-0.4, -0.2) is 0 Å². The zero-order valence-electron chi connectivity index (χ0n) is 10.2. The molecule has 1 aliphatic carbocycles. The number of allylic oxidation sites excluding steroid dienone is 6. The lowest BCUT2D eigenvalue weighted by Crippen LogP contribution is -2.03. The molecule has 0 N–H and O–H groups in total. The molecule has 0 amide bonds. The van der Waals surface area contributed by atoms with E-state index >= 15 is 0 Å². The van der Waals surface area contributed by atoms with Crippen molar-refractivity contribution in [2.24, 2.45) is 5.41 Å². The van der Waals surface area contributed by atoms with Crippen LogP contribution in [0.15, 0.2) is 60.2 Å². The maximum absolute atomic E-state index is 2.34. The summed E-state index contributed by atoms with van der Waals surface area (Å²) < 4.78 is 0. The maximum atomic E-state index is 2.34. The molecule has 0 fully saturated rings. The topological polar surface area (TPSA) is 0 Å². The summed E-state index contributed by atoms with van der Waals surface area (Å²) in [5.41, 5.74) is 4.09. The highest BCUT2D eigenvalue weighted by atomic mass is 14.2. The highest BCUT2D eigenvalue weighted by molar-refractivity contribution is 5.80. The molecule has 0 nitrogen and oxygen atoms in total. The van der Waals surface area contributed by atoms with Gasteiger partial charge in [-0.15, -0.1) is 0 Å². The average molecular weight is 210 g/mol. The predicted octanol–water partition coefficient (Wildman–Crippen LogP) is 4.61. The second kappa shape index (κ2) is 4.13. The molecule has 82 valence electrons. The van der Waals surface area contributed by atoms with Crippen LogP contribution >= 0.6 is 0 Å². The fraction of sp³-hybridized carbons (Fsp3) is 0.250. The lowest BCUT2D eigenvalue weighted by Gasteiger charge is -2.17. The minimum Gasteiger partial charge on any atom is -0.0751 e. The summed E-state index contributed by atoms with van der Waals surface area (Å²) in [5.74, 6) is 0. The normalized spacial score (nSPS) is 18.7. The van der Waals surface area contributed by atoms with Gasteiger partial charge in [0.2, 0.25) is 0 Å². The van der Waals surface area contributed by atoms with Gasteiger partial charge >= 0.3 is 0 Å². The Morgan fingerprint density at radius 3 is 2.38 bits per heavy atom. The molecule has 0 unspecified atom stereocenters. The average Bonchev–Trinajstić information content (AvgIpc) is 2.39. The van der Waals surface area contributed by atoms with Gasteiger partial charge < -0.3 is 0 Å². The van der Waals surface area contributed by atoms with Crippen molar-refractivity contribution in [3.63, 3.8) is 0 Å². The third-order valence-corrected chi connectivity index (χ3v) is 2.90. The summed E-state index contributed by atoms with van der Waals surface area (Å²) >= 11 is 0. The van der Waals surface area contributed by atoms with Crippen LogP contribution in [0.25, 0.3) is 5.57 Å². The van der Waals surface area contributed by atoms with Crippen molar-refractivity contribution in [3.8, 4) is 0 Å². The van der Waals surface area contributed by atoms with E-state index in [2.05, 4.69) is 75.4 Å². The summed E-state index contributed by atoms with van der Waals surface area (Å²) in [4.78, 5) is 0. The van der Waals surface area contributed by atoms with Gasteiger partial charge in [0.1, 0.15) is 0 Å². The molecule has 0 aliphatic heterocycles. The van der Waals surface area contributed by atoms with E-state index in [0.717, 1.165) is 0 Å². The molecule has 0 saturated heterocycles. The molecule has 0 atom stereocenters. The molecule has 1 aromatic carbocycles. The fourth-order valence-electron chi connectivity index (χ4n) is 1.99. The Balaban J connectivity index is 2.51. The second-order valence-corrected chi connectivity index (χ2v) is 4.95. The SMILES string of the molecule is CC1=CC=CC(C)(C)C=C1c1ccccc1. The van der Waals surface area contributed by atoms with Crippen molar-refractivity contribution in [1.29, 1.82) is 0 Å². The van der Waals surface area contributed by atoms with E-state index in [1.807, 2.05) is 0 Å². The zero-order valence-corrected chi connectivity index (χ0v) is 10.2. The van der Waals surface area contributed by atoms with E-state index in [1.54, 1.807) is 0 Å². The Morgan fingerprint density at radius 2 is 1.69 bits per heavy atom. The standard InChI is InChI=1S/C16H18/c1-13-8-7-11-16(2,3)12-15(13)14-9-5-4-6-10-14/h4-12H,1-3H3. The molecule has 0 heteroatoms. The van der Waals surface area contributed by atoms with Crippen LogP contribution in [0.1, 0.15) is 26.3 Å². The molecular formula is C16H18. The Kier molecular flexibility index (Phi) is 2.82. The van der Waals surface area contributed by atoms with E-state index in [4.69, 9.17) is 0 Å². The summed E-state index contributed by atoms with van der Waals surface area (Å²) in [6.07, 6.45) is 8.93. The lowest BCUT2D eigenvalue weighted by molar-refractivity contribution is 0.628. The van der Waals surface area contributed by atoms with Gasteiger partial charge in [0, 0.05) is 5.41 Å². The van der Waals surface area contributed by atoms with Gasteiger partial charge in [-0.1, -0.05) is 68.5 Å². The van der Waals surface area contributed by atoms with Crippen molar-refractivity contribution in [2.75, 3.05) is 0 Å². The van der Waals surface area contributed by atoms with E-state index in [9.17, 15) is 0 Å². The van der Waals surface area contributed by atoms with Crippen molar-refractivity contribution in [2.45, 2.75) is 20.8 Å². The van der Waals surface area contributed by atoms with E-state index in [1.165, 1.54) is 16.7 Å². The molecular weight excluding hydrogens is 192 g/mol. The maximum Gasteiger partial charge on any atom is 0.00168 e. The summed E-state index contributed by atoms with van der Waals surface area (Å²) in [6, 6.07) is 10.6. The minimum absolute atomic E-state index is 0.124.